The highest BCUT2D eigenvalue weighted by Gasteiger charge is 2.21. The summed E-state index contributed by atoms with van der Waals surface area (Å²) in [7, 11) is 3.95. The van der Waals surface area contributed by atoms with Crippen LogP contribution in [0.15, 0.2) is 18.3 Å². The molecule has 24 heavy (non-hydrogen) atoms. The van der Waals surface area contributed by atoms with Crippen LogP contribution in [-0.2, 0) is 7.05 Å². The molecule has 1 aliphatic heterocycles. The number of aryl methyl sites for hydroxylation is 1. The summed E-state index contributed by atoms with van der Waals surface area (Å²) in [4.78, 5) is 9.15. The maximum atomic E-state index is 14.0. The van der Waals surface area contributed by atoms with Gasteiger partial charge in [-0.15, -0.1) is 0 Å². The van der Waals surface area contributed by atoms with Crippen LogP contribution >= 0.6 is 0 Å². The third kappa shape index (κ3) is 2.27. The van der Waals surface area contributed by atoms with E-state index in [2.05, 4.69) is 26.9 Å². The Morgan fingerprint density at radius 2 is 1.88 bits per heavy atom. The first kappa shape index (κ1) is 14.8. The Hall–Kier alpha value is -2.72. The molecule has 0 spiro atoms. The van der Waals surface area contributed by atoms with E-state index in [1.54, 1.807) is 10.7 Å². The van der Waals surface area contributed by atoms with E-state index >= 15 is 0 Å². The highest BCUT2D eigenvalue weighted by molar-refractivity contribution is 6.08. The molecule has 0 N–H and O–H groups in total. The Bertz CT molecular complexity index is 978. The molecule has 0 amide bonds. The van der Waals surface area contributed by atoms with E-state index in [4.69, 9.17) is 5.26 Å². The van der Waals surface area contributed by atoms with Crippen molar-refractivity contribution in [2.75, 3.05) is 38.1 Å². The standard InChI is InChI=1S/C17H17FN6/c1-22-3-5-24(6-4-22)17-16-13(10-23(2)21-16)12-7-11(9-19)14(18)8-15(12)20-17/h7-8,10H,3-6H2,1-2H3. The molecule has 1 saturated heterocycles. The van der Waals surface area contributed by atoms with Crippen LogP contribution in [0.25, 0.3) is 21.8 Å². The summed E-state index contributed by atoms with van der Waals surface area (Å²) in [5.74, 6) is 0.250. The predicted molar refractivity (Wildman–Crippen MR) is 90.4 cm³/mol. The third-order valence-corrected chi connectivity index (χ3v) is 4.57. The van der Waals surface area contributed by atoms with Crippen molar-refractivity contribution in [2.24, 2.45) is 7.05 Å². The summed E-state index contributed by atoms with van der Waals surface area (Å²) in [6.45, 7) is 3.63. The number of piperazine rings is 1. The van der Waals surface area contributed by atoms with Crippen molar-refractivity contribution in [3.8, 4) is 6.07 Å². The van der Waals surface area contributed by atoms with Crippen molar-refractivity contribution in [2.45, 2.75) is 0 Å². The van der Waals surface area contributed by atoms with E-state index in [-0.39, 0.29) is 5.56 Å². The van der Waals surface area contributed by atoms with Crippen molar-refractivity contribution in [3.63, 3.8) is 0 Å². The number of halogens is 1. The van der Waals surface area contributed by atoms with Gasteiger partial charge in [0.2, 0.25) is 0 Å². The summed E-state index contributed by atoms with van der Waals surface area (Å²) >= 11 is 0. The number of hydrogen-bond acceptors (Lipinski definition) is 5. The number of nitriles is 1. The first-order chi connectivity index (χ1) is 11.6. The molecule has 3 heterocycles. The zero-order chi connectivity index (χ0) is 16.8. The molecule has 0 unspecified atom stereocenters. The first-order valence-electron chi connectivity index (χ1n) is 7.87. The van der Waals surface area contributed by atoms with Crippen LogP contribution in [-0.4, -0.2) is 52.9 Å². The Morgan fingerprint density at radius 3 is 2.58 bits per heavy atom. The van der Waals surface area contributed by atoms with E-state index < -0.39 is 5.82 Å². The van der Waals surface area contributed by atoms with E-state index in [1.807, 2.05) is 19.3 Å². The molecule has 0 atom stereocenters. The number of benzene rings is 1. The minimum atomic E-state index is -0.537. The second-order valence-corrected chi connectivity index (χ2v) is 6.25. The summed E-state index contributed by atoms with van der Waals surface area (Å²) in [5, 5.41) is 15.3. The minimum Gasteiger partial charge on any atom is -0.352 e. The molecular weight excluding hydrogens is 307 g/mol. The molecule has 6 nitrogen and oxygen atoms in total. The molecule has 0 bridgehead atoms. The lowest BCUT2D eigenvalue weighted by atomic mass is 10.1. The molecule has 122 valence electrons. The van der Waals surface area contributed by atoms with E-state index in [0.717, 1.165) is 48.3 Å². The highest BCUT2D eigenvalue weighted by atomic mass is 19.1. The fourth-order valence-electron chi connectivity index (χ4n) is 3.21. The van der Waals surface area contributed by atoms with Crippen LogP contribution < -0.4 is 4.90 Å². The second kappa shape index (κ2) is 5.42. The Kier molecular flexibility index (Phi) is 3.36. The topological polar surface area (TPSA) is 61.0 Å². The Morgan fingerprint density at radius 1 is 1.12 bits per heavy atom. The number of nitrogens with zero attached hydrogens (tertiary/aromatic N) is 6. The number of aromatic nitrogens is 3. The molecule has 3 aromatic rings. The van der Waals surface area contributed by atoms with Gasteiger partial charge in [0.25, 0.3) is 0 Å². The zero-order valence-electron chi connectivity index (χ0n) is 13.6. The van der Waals surface area contributed by atoms with Crippen molar-refractivity contribution in [1.29, 1.82) is 5.26 Å². The lowest BCUT2D eigenvalue weighted by molar-refractivity contribution is 0.312. The van der Waals surface area contributed by atoms with Gasteiger partial charge < -0.3 is 9.80 Å². The van der Waals surface area contributed by atoms with Gasteiger partial charge in [0, 0.05) is 56.3 Å². The second-order valence-electron chi connectivity index (χ2n) is 6.25. The van der Waals surface area contributed by atoms with Crippen LogP contribution in [0.4, 0.5) is 10.2 Å². The summed E-state index contributed by atoms with van der Waals surface area (Å²) < 4.78 is 15.8. The van der Waals surface area contributed by atoms with Crippen LogP contribution in [0, 0.1) is 17.1 Å². The normalized spacial score (nSPS) is 16.0. The van der Waals surface area contributed by atoms with Crippen LogP contribution in [0.2, 0.25) is 0 Å². The predicted octanol–water partition coefficient (Wildman–Crippen LogP) is 1.88. The molecule has 0 aliphatic carbocycles. The molecule has 2 aromatic heterocycles. The number of anilines is 1. The van der Waals surface area contributed by atoms with Crippen molar-refractivity contribution < 1.29 is 4.39 Å². The highest BCUT2D eigenvalue weighted by Crippen LogP contribution is 2.32. The van der Waals surface area contributed by atoms with E-state index in [1.165, 1.54) is 6.07 Å². The molecule has 1 aromatic carbocycles. The number of pyridine rings is 1. The molecule has 1 fully saturated rings. The fourth-order valence-corrected chi connectivity index (χ4v) is 3.21. The van der Waals surface area contributed by atoms with E-state index in [0.29, 0.717) is 5.52 Å². The van der Waals surface area contributed by atoms with Gasteiger partial charge in [-0.05, 0) is 13.1 Å². The first-order valence-corrected chi connectivity index (χ1v) is 7.87. The average molecular weight is 324 g/mol. The van der Waals surface area contributed by atoms with Crippen LogP contribution in [0.1, 0.15) is 5.56 Å². The van der Waals surface area contributed by atoms with Crippen molar-refractivity contribution in [1.82, 2.24) is 19.7 Å². The van der Waals surface area contributed by atoms with Crippen LogP contribution in [0.3, 0.4) is 0 Å². The monoisotopic (exact) mass is 324 g/mol. The molecule has 1 aliphatic rings. The number of fused-ring (bicyclic) bond motifs is 3. The number of likely N-dealkylation sites (N-methyl/N-ethyl adjacent to an activating group) is 1. The Balaban J connectivity index is 1.98. The molecular formula is C17H17FN6. The smallest absolute Gasteiger partial charge is 0.157 e. The maximum Gasteiger partial charge on any atom is 0.157 e. The van der Waals surface area contributed by atoms with Gasteiger partial charge in [0.05, 0.1) is 11.1 Å². The minimum absolute atomic E-state index is 0.0294. The van der Waals surface area contributed by atoms with Crippen molar-refractivity contribution >= 4 is 27.6 Å². The van der Waals surface area contributed by atoms with Gasteiger partial charge >= 0.3 is 0 Å². The average Bonchev–Trinajstić information content (AvgIpc) is 2.96. The summed E-state index contributed by atoms with van der Waals surface area (Å²) in [6, 6.07) is 4.81. The SMILES string of the molecule is CN1CCN(c2nc3cc(F)c(C#N)cc3c3cn(C)nc23)CC1. The molecule has 0 radical (unpaired) electrons. The van der Waals surface area contributed by atoms with Crippen molar-refractivity contribution in [3.05, 3.63) is 29.7 Å². The third-order valence-electron chi connectivity index (χ3n) is 4.57. The summed E-state index contributed by atoms with van der Waals surface area (Å²) in [6.07, 6.45) is 1.90. The van der Waals surface area contributed by atoms with Gasteiger partial charge in [-0.25, -0.2) is 9.37 Å². The Labute approximate surface area is 138 Å². The molecule has 7 heteroatoms. The quantitative estimate of drug-likeness (QED) is 0.684. The zero-order valence-corrected chi connectivity index (χ0v) is 13.6. The van der Waals surface area contributed by atoms with Gasteiger partial charge in [0.15, 0.2) is 5.82 Å². The molecule has 0 saturated carbocycles. The van der Waals surface area contributed by atoms with Gasteiger partial charge in [-0.2, -0.15) is 10.4 Å². The molecule has 4 rings (SSSR count). The maximum absolute atomic E-state index is 14.0. The summed E-state index contributed by atoms with van der Waals surface area (Å²) in [5.41, 5.74) is 1.38. The van der Waals surface area contributed by atoms with Gasteiger partial charge in [-0.1, -0.05) is 0 Å². The van der Waals surface area contributed by atoms with Crippen LogP contribution in [0.5, 0.6) is 0 Å². The largest absolute Gasteiger partial charge is 0.352 e. The number of hydrogen-bond donors (Lipinski definition) is 0. The lowest BCUT2D eigenvalue weighted by Gasteiger charge is -2.33. The fraction of sp³-hybridized carbons (Fsp3) is 0.353. The van der Waals surface area contributed by atoms with E-state index in [9.17, 15) is 4.39 Å². The number of rotatable bonds is 1. The van der Waals surface area contributed by atoms with Gasteiger partial charge in [-0.3, -0.25) is 4.68 Å². The van der Waals surface area contributed by atoms with Gasteiger partial charge in [0.1, 0.15) is 17.4 Å². The lowest BCUT2D eigenvalue weighted by Crippen LogP contribution is -2.44.